The van der Waals surface area contributed by atoms with E-state index in [1.54, 1.807) is 12.1 Å². The number of carbonyl (C=O) groups is 1. The van der Waals surface area contributed by atoms with Crippen LogP contribution in [0, 0.1) is 0 Å². The lowest BCUT2D eigenvalue weighted by Gasteiger charge is -2.38. The van der Waals surface area contributed by atoms with Crippen LogP contribution in [0.15, 0.2) is 29.2 Å². The Morgan fingerprint density at radius 1 is 1.19 bits per heavy atom. The van der Waals surface area contributed by atoms with Crippen molar-refractivity contribution in [1.82, 2.24) is 14.5 Å². The van der Waals surface area contributed by atoms with Gasteiger partial charge in [0, 0.05) is 51.4 Å². The molecule has 1 N–H and O–H groups in total. The van der Waals surface area contributed by atoms with Crippen LogP contribution in [0.25, 0.3) is 0 Å². The number of amides is 1. The van der Waals surface area contributed by atoms with E-state index in [2.05, 4.69) is 9.62 Å². The summed E-state index contributed by atoms with van der Waals surface area (Å²) >= 11 is 0. The lowest BCUT2D eigenvalue weighted by Crippen LogP contribution is -2.51. The van der Waals surface area contributed by atoms with E-state index in [1.165, 1.54) is 44.9 Å². The number of nitrogens with zero attached hydrogens (tertiary/aromatic N) is 2. The smallest absolute Gasteiger partial charge is 0.253 e. The second kappa shape index (κ2) is 9.14. The van der Waals surface area contributed by atoms with Gasteiger partial charge in [0.1, 0.15) is 0 Å². The molecular weight excluding hydrogens is 366 g/mol. The Labute approximate surface area is 161 Å². The monoisotopic (exact) mass is 395 g/mol. The van der Waals surface area contributed by atoms with Crippen molar-refractivity contribution in [3.63, 3.8) is 0 Å². The molecule has 0 aromatic heterocycles. The molecule has 1 aromatic rings. The predicted molar refractivity (Wildman–Crippen MR) is 103 cm³/mol. The maximum atomic E-state index is 12.8. The Morgan fingerprint density at radius 2 is 1.89 bits per heavy atom. The highest BCUT2D eigenvalue weighted by Gasteiger charge is 2.28. The molecule has 0 bridgehead atoms. The average molecular weight is 396 g/mol. The molecule has 27 heavy (non-hydrogen) atoms. The number of rotatable bonds is 7. The number of ether oxygens (including phenoxy) is 1. The summed E-state index contributed by atoms with van der Waals surface area (Å²) in [7, 11) is -2.13. The van der Waals surface area contributed by atoms with E-state index < -0.39 is 10.0 Å². The van der Waals surface area contributed by atoms with E-state index in [0.717, 1.165) is 13.1 Å². The van der Waals surface area contributed by atoms with Crippen molar-refractivity contribution < 1.29 is 17.9 Å². The lowest BCUT2D eigenvalue weighted by atomic mass is 10.1. The third-order valence-corrected chi connectivity index (χ3v) is 6.89. The summed E-state index contributed by atoms with van der Waals surface area (Å²) in [5, 5.41) is 0. The van der Waals surface area contributed by atoms with Crippen molar-refractivity contribution in [2.75, 3.05) is 46.4 Å². The van der Waals surface area contributed by atoms with Crippen LogP contribution in [0.1, 0.15) is 36.0 Å². The Hall–Kier alpha value is -1.48. The zero-order valence-electron chi connectivity index (χ0n) is 15.9. The molecule has 1 aromatic carbocycles. The molecule has 8 heteroatoms. The van der Waals surface area contributed by atoms with Crippen LogP contribution in [0.5, 0.6) is 0 Å². The van der Waals surface area contributed by atoms with E-state index in [4.69, 9.17) is 4.74 Å². The van der Waals surface area contributed by atoms with Gasteiger partial charge in [-0.25, -0.2) is 13.1 Å². The minimum Gasteiger partial charge on any atom is -0.383 e. The molecule has 150 valence electrons. The molecule has 7 nitrogen and oxygen atoms in total. The van der Waals surface area contributed by atoms with Crippen molar-refractivity contribution in [2.24, 2.45) is 0 Å². The summed E-state index contributed by atoms with van der Waals surface area (Å²) in [5.74, 6) is -0.102. The van der Waals surface area contributed by atoms with Gasteiger partial charge in [0.2, 0.25) is 10.0 Å². The summed E-state index contributed by atoms with van der Waals surface area (Å²) in [6, 6.07) is 6.94. The summed E-state index contributed by atoms with van der Waals surface area (Å²) in [6.07, 6.45) is 5.15. The van der Waals surface area contributed by atoms with Gasteiger partial charge in [0.15, 0.2) is 0 Å². The average Bonchev–Trinajstić information content (AvgIpc) is 3.23. The second-order valence-electron chi connectivity index (χ2n) is 7.18. The second-order valence-corrected chi connectivity index (χ2v) is 8.95. The highest BCUT2D eigenvalue weighted by molar-refractivity contribution is 7.89. The lowest BCUT2D eigenvalue weighted by molar-refractivity contribution is 0.0573. The number of piperazine rings is 1. The Balaban J connectivity index is 1.62. The molecular formula is C19H29N3O4S. The van der Waals surface area contributed by atoms with Gasteiger partial charge in [-0.05, 0) is 31.0 Å². The van der Waals surface area contributed by atoms with Crippen LogP contribution < -0.4 is 4.72 Å². The van der Waals surface area contributed by atoms with Crippen LogP contribution in [-0.4, -0.2) is 76.6 Å². The predicted octanol–water partition coefficient (Wildman–Crippen LogP) is 1.31. The van der Waals surface area contributed by atoms with Crippen molar-refractivity contribution in [1.29, 1.82) is 0 Å². The van der Waals surface area contributed by atoms with E-state index in [0.29, 0.717) is 31.3 Å². The summed E-state index contributed by atoms with van der Waals surface area (Å²) in [6.45, 7) is 3.67. The number of sulfonamides is 1. The first kappa shape index (κ1) is 20.3. The standard InChI is InChI=1S/C19H29N3O4S/c1-26-14-9-20-27(24,25)18-8-4-5-16(15-18)19(23)22-12-10-21(11-13-22)17-6-2-3-7-17/h4-5,8,15,17,20H,2-3,6-7,9-14H2,1H3. The van der Waals surface area contributed by atoms with Crippen LogP contribution in [-0.2, 0) is 14.8 Å². The van der Waals surface area contributed by atoms with Crippen LogP contribution >= 0.6 is 0 Å². The SMILES string of the molecule is COCCNS(=O)(=O)c1cccc(C(=O)N2CCN(C3CCCC3)CC2)c1. The molecule has 3 rings (SSSR count). The number of carbonyl (C=O) groups excluding carboxylic acids is 1. The zero-order valence-corrected chi connectivity index (χ0v) is 16.7. The molecule has 1 aliphatic heterocycles. The van der Waals surface area contributed by atoms with Crippen LogP contribution in [0.2, 0.25) is 0 Å². The van der Waals surface area contributed by atoms with Crippen LogP contribution in [0.3, 0.4) is 0 Å². The normalized spacial score (nSPS) is 19.5. The van der Waals surface area contributed by atoms with Gasteiger partial charge in [0.05, 0.1) is 11.5 Å². The van der Waals surface area contributed by atoms with Gasteiger partial charge in [0.25, 0.3) is 5.91 Å². The third kappa shape index (κ3) is 5.07. The van der Waals surface area contributed by atoms with E-state index in [1.807, 2.05) is 4.90 Å². The Bertz CT molecular complexity index is 739. The van der Waals surface area contributed by atoms with Crippen LogP contribution in [0.4, 0.5) is 0 Å². The van der Waals surface area contributed by atoms with Gasteiger partial charge < -0.3 is 9.64 Å². The summed E-state index contributed by atoms with van der Waals surface area (Å²) < 4.78 is 32.0. The molecule has 1 saturated heterocycles. The Morgan fingerprint density at radius 3 is 2.56 bits per heavy atom. The number of benzene rings is 1. The molecule has 1 aliphatic carbocycles. The zero-order chi connectivity index (χ0) is 19.3. The summed E-state index contributed by atoms with van der Waals surface area (Å²) in [4.78, 5) is 17.3. The molecule has 0 unspecified atom stereocenters. The first-order valence-corrected chi connectivity index (χ1v) is 11.1. The Kier molecular flexibility index (Phi) is 6.86. The largest absolute Gasteiger partial charge is 0.383 e. The van der Waals surface area contributed by atoms with Crippen molar-refractivity contribution in [3.05, 3.63) is 29.8 Å². The minimum absolute atomic E-state index is 0.102. The minimum atomic E-state index is -3.65. The quantitative estimate of drug-likeness (QED) is 0.705. The van der Waals surface area contributed by atoms with E-state index in [-0.39, 0.29) is 17.3 Å². The third-order valence-electron chi connectivity index (χ3n) is 5.43. The van der Waals surface area contributed by atoms with Crippen molar-refractivity contribution in [3.8, 4) is 0 Å². The fraction of sp³-hybridized carbons (Fsp3) is 0.632. The highest BCUT2D eigenvalue weighted by atomic mass is 32.2. The highest BCUT2D eigenvalue weighted by Crippen LogP contribution is 2.24. The molecule has 1 amide bonds. The number of hydrogen-bond donors (Lipinski definition) is 1. The van der Waals surface area contributed by atoms with Gasteiger partial charge >= 0.3 is 0 Å². The molecule has 0 radical (unpaired) electrons. The summed E-state index contributed by atoms with van der Waals surface area (Å²) in [5.41, 5.74) is 0.416. The molecule has 0 spiro atoms. The number of methoxy groups -OCH3 is 1. The van der Waals surface area contributed by atoms with E-state index in [9.17, 15) is 13.2 Å². The molecule has 0 atom stereocenters. The fourth-order valence-electron chi connectivity index (χ4n) is 3.90. The topological polar surface area (TPSA) is 78.9 Å². The molecule has 2 aliphatic rings. The van der Waals surface area contributed by atoms with Gasteiger partial charge in [-0.2, -0.15) is 0 Å². The fourth-order valence-corrected chi connectivity index (χ4v) is 4.96. The maximum Gasteiger partial charge on any atom is 0.253 e. The number of nitrogens with one attached hydrogen (secondary N) is 1. The van der Waals surface area contributed by atoms with Gasteiger partial charge in [-0.3, -0.25) is 9.69 Å². The van der Waals surface area contributed by atoms with Crippen molar-refractivity contribution in [2.45, 2.75) is 36.6 Å². The number of hydrogen-bond acceptors (Lipinski definition) is 5. The molecule has 1 saturated carbocycles. The van der Waals surface area contributed by atoms with Crippen molar-refractivity contribution >= 4 is 15.9 Å². The first-order chi connectivity index (χ1) is 13.0. The maximum absolute atomic E-state index is 12.8. The van der Waals surface area contributed by atoms with E-state index >= 15 is 0 Å². The molecule has 2 fully saturated rings. The van der Waals surface area contributed by atoms with Gasteiger partial charge in [-0.15, -0.1) is 0 Å². The van der Waals surface area contributed by atoms with Gasteiger partial charge in [-0.1, -0.05) is 18.9 Å². The first-order valence-electron chi connectivity index (χ1n) is 9.63. The molecule has 1 heterocycles.